The van der Waals surface area contributed by atoms with Gasteiger partial charge in [0.2, 0.25) is 4.34 Å². The number of esters is 1. The first-order valence-corrected chi connectivity index (χ1v) is 23.7. The molecule has 334 valence electrons. The first-order valence-electron chi connectivity index (χ1n) is 18.7. The number of aromatic nitrogens is 4. The van der Waals surface area contributed by atoms with Gasteiger partial charge in [0.25, 0.3) is 26.0 Å². The van der Waals surface area contributed by atoms with Gasteiger partial charge in [-0.05, 0) is 75.7 Å². The van der Waals surface area contributed by atoms with Crippen LogP contribution in [-0.4, -0.2) is 109 Å². The van der Waals surface area contributed by atoms with E-state index in [1.165, 1.54) is 30.1 Å². The lowest BCUT2D eigenvalue weighted by Crippen LogP contribution is -2.54. The van der Waals surface area contributed by atoms with E-state index >= 15 is 0 Å². The Morgan fingerprint density at radius 3 is 2.39 bits per heavy atom. The third-order valence-electron chi connectivity index (χ3n) is 8.49. The van der Waals surface area contributed by atoms with Crippen LogP contribution in [0.15, 0.2) is 82.2 Å². The van der Waals surface area contributed by atoms with E-state index in [1.54, 1.807) is 75.4 Å². The van der Waals surface area contributed by atoms with Crippen molar-refractivity contribution < 1.29 is 59.5 Å². The second kappa shape index (κ2) is 20.8. The van der Waals surface area contributed by atoms with Crippen LogP contribution in [0.1, 0.15) is 50.1 Å². The smallest absolute Gasteiger partial charge is 0.417 e. The van der Waals surface area contributed by atoms with Gasteiger partial charge in [-0.1, -0.05) is 35.0 Å². The molecule has 23 heteroatoms. The van der Waals surface area contributed by atoms with Gasteiger partial charge >= 0.3 is 12.1 Å². The number of carbonyl (C=O) groups is 3. The van der Waals surface area contributed by atoms with E-state index in [1.807, 2.05) is 6.92 Å². The molecule has 19 nitrogen and oxygen atoms in total. The number of benzene rings is 3. The summed E-state index contributed by atoms with van der Waals surface area (Å²) in [6, 6.07) is 15.1. The first kappa shape index (κ1) is 47.9. The summed E-state index contributed by atoms with van der Waals surface area (Å²) in [7, 11) is -6.84. The maximum Gasteiger partial charge on any atom is 0.417 e. The zero-order chi connectivity index (χ0) is 45.2. The number of nitrogens with two attached hydrogens (primary N) is 1. The van der Waals surface area contributed by atoms with Gasteiger partial charge in [0, 0.05) is 24.5 Å². The van der Waals surface area contributed by atoms with Crippen molar-refractivity contribution in [3.05, 3.63) is 89.7 Å². The molecule has 3 aromatic carbocycles. The van der Waals surface area contributed by atoms with E-state index in [9.17, 15) is 36.3 Å². The number of aryl methyl sites for hydroxylation is 1. The first-order chi connectivity index (χ1) is 29.3. The summed E-state index contributed by atoms with van der Waals surface area (Å²) in [6.45, 7) is 5.69. The molecule has 0 aliphatic carbocycles. The summed E-state index contributed by atoms with van der Waals surface area (Å²) >= 11 is 2.09. The van der Waals surface area contributed by atoms with Crippen LogP contribution in [0, 0.1) is 6.92 Å². The van der Waals surface area contributed by atoms with Crippen molar-refractivity contribution in [3.63, 3.8) is 0 Å². The molecule has 2 amide bonds. The van der Waals surface area contributed by atoms with Gasteiger partial charge in [0.1, 0.15) is 54.7 Å². The van der Waals surface area contributed by atoms with E-state index in [0.717, 1.165) is 34.3 Å². The second-order valence-electron chi connectivity index (χ2n) is 14.5. The van der Waals surface area contributed by atoms with Gasteiger partial charge < -0.3 is 24.1 Å². The minimum Gasteiger partial charge on any atom is -0.491 e. The van der Waals surface area contributed by atoms with E-state index in [4.69, 9.17) is 28.3 Å². The van der Waals surface area contributed by atoms with Crippen LogP contribution in [0.25, 0.3) is 10.2 Å². The molecule has 0 unspecified atom stereocenters. The van der Waals surface area contributed by atoms with Crippen LogP contribution in [0.3, 0.4) is 0 Å². The Balaban J connectivity index is 1.27. The molecule has 0 fully saturated rings. The van der Waals surface area contributed by atoms with Gasteiger partial charge in [-0.25, -0.2) is 37.7 Å². The highest BCUT2D eigenvalue weighted by Crippen LogP contribution is 2.29. The van der Waals surface area contributed by atoms with E-state index in [0.29, 0.717) is 26.6 Å². The fourth-order valence-corrected chi connectivity index (χ4v) is 9.21. The number of hydrogen-bond donors (Lipinski definition) is 2. The van der Waals surface area contributed by atoms with Gasteiger partial charge in [-0.3, -0.25) is 8.98 Å². The maximum atomic E-state index is 14.4. The quantitative estimate of drug-likeness (QED) is 0.0624. The molecule has 5 rings (SSSR count). The Bertz CT molecular complexity index is 2580. The van der Waals surface area contributed by atoms with Crippen LogP contribution in [-0.2, 0) is 55.7 Å². The Labute approximate surface area is 366 Å². The molecule has 0 bridgehead atoms. The minimum atomic E-state index is -3.99. The van der Waals surface area contributed by atoms with Crippen LogP contribution in [0.2, 0.25) is 0 Å². The molecule has 2 heterocycles. The normalized spacial score (nSPS) is 13.0. The molecule has 0 spiro atoms. The number of rotatable bonds is 20. The number of fused-ring (bicyclic) bond motifs is 1. The number of carbonyl (C=O) groups excluding carboxylic acids is 3. The molecule has 2 aromatic heterocycles. The lowest BCUT2D eigenvalue weighted by molar-refractivity contribution is -0.152. The Kier molecular flexibility index (Phi) is 16.1. The van der Waals surface area contributed by atoms with Gasteiger partial charge in [0.05, 0.1) is 28.4 Å². The second-order valence-corrected chi connectivity index (χ2v) is 19.9. The third-order valence-corrected chi connectivity index (χ3v) is 13.2. The summed E-state index contributed by atoms with van der Waals surface area (Å²) in [5.41, 5.74) is 1.24. The summed E-state index contributed by atoms with van der Waals surface area (Å²) in [6.07, 6.45) is 0.0330. The number of methoxy groups -OCH3 is 1. The van der Waals surface area contributed by atoms with Crippen LogP contribution >= 0.6 is 23.1 Å². The highest BCUT2D eigenvalue weighted by molar-refractivity contribution is 7.98. The topological polar surface area (TPSA) is 259 Å². The molecule has 0 radical (unpaired) electrons. The number of aliphatic hydroxyl groups is 1. The molecule has 0 saturated carbocycles. The predicted octanol–water partition coefficient (Wildman–Crippen LogP) is 4.37. The van der Waals surface area contributed by atoms with Crippen LogP contribution in [0.4, 0.5) is 4.79 Å². The molecular weight excluding hydrogens is 889 g/mol. The summed E-state index contributed by atoms with van der Waals surface area (Å²) < 4.78 is 77.3. The highest BCUT2D eigenvalue weighted by atomic mass is 32.2. The van der Waals surface area contributed by atoms with Crippen molar-refractivity contribution in [2.24, 2.45) is 5.14 Å². The number of thioether (sulfide) groups is 1. The molecule has 0 saturated heterocycles. The Morgan fingerprint density at radius 1 is 0.984 bits per heavy atom. The number of aliphatic hydroxyl groups excluding tert-OH is 1. The average molecular weight is 935 g/mol. The number of sulfonamides is 1. The Morgan fingerprint density at radius 2 is 1.71 bits per heavy atom. The molecule has 0 aliphatic heterocycles. The number of amides is 2. The molecule has 3 N–H and O–H groups in total. The molecule has 2 atom stereocenters. The minimum absolute atomic E-state index is 0.0346. The Hall–Kier alpha value is -5.17. The number of imide groups is 1. The van der Waals surface area contributed by atoms with Crippen molar-refractivity contribution in [2.75, 3.05) is 32.7 Å². The van der Waals surface area contributed by atoms with Gasteiger partial charge in [-0.2, -0.15) is 20.2 Å². The monoisotopic (exact) mass is 934 g/mol. The number of hydrogen-bond acceptors (Lipinski definition) is 18. The lowest BCUT2D eigenvalue weighted by Gasteiger charge is -2.32. The summed E-state index contributed by atoms with van der Waals surface area (Å²) in [4.78, 5) is 46.3. The zero-order valence-corrected chi connectivity index (χ0v) is 37.6. The van der Waals surface area contributed by atoms with E-state index < -0.39 is 62.4 Å². The molecule has 5 aromatic rings. The van der Waals surface area contributed by atoms with Crippen molar-refractivity contribution in [1.82, 2.24) is 24.9 Å². The maximum absolute atomic E-state index is 14.4. The zero-order valence-electron chi connectivity index (χ0n) is 34.3. The van der Waals surface area contributed by atoms with Crippen LogP contribution < -0.4 is 14.6 Å². The lowest BCUT2D eigenvalue weighted by atomic mass is 10.1. The number of thiazole rings is 1. The number of nitrogens with zero attached hydrogens (tertiary/aromatic N) is 5. The van der Waals surface area contributed by atoms with Crippen molar-refractivity contribution in [3.8, 4) is 11.5 Å². The predicted molar refractivity (Wildman–Crippen MR) is 227 cm³/mol. The van der Waals surface area contributed by atoms with Gasteiger partial charge in [-0.15, -0.1) is 16.4 Å². The SMILES string of the molecule is COC(=O)[C@@H](CSCc1cccc(OCCOS(=O)(=O)c2ccc(C)cc2)c1)N(C(=O)OC(C)(C)C)C(=O)[C@H](CCO)n1cc(COc2ccc3nc(S(N)(=O)=O)sc3c2)nn1. The van der Waals surface area contributed by atoms with E-state index in [-0.39, 0.29) is 52.7 Å². The highest BCUT2D eigenvalue weighted by Gasteiger charge is 2.42. The van der Waals surface area contributed by atoms with Crippen LogP contribution in [0.5, 0.6) is 11.5 Å². The summed E-state index contributed by atoms with van der Waals surface area (Å²) in [5, 5.41) is 23.4. The van der Waals surface area contributed by atoms with Crippen molar-refractivity contribution >= 4 is 71.4 Å². The van der Waals surface area contributed by atoms with E-state index in [2.05, 4.69) is 15.3 Å². The molecule has 0 aliphatic rings. The number of ether oxygens (including phenoxy) is 4. The standard InChI is InChI=1S/C39H46N6O13S4/c1-25-9-12-30(13-10-25)62(52,53)57-18-17-55-28-8-6-7-26(19-28)23-59-24-33(36(48)54-5)45(38(49)58-39(2,3)4)35(47)32(15-16-46)44-21-27(42-43-44)22-56-29-11-14-31-34(20-29)60-37(41-31)61(40,50)51/h6-14,19-21,32-33,46H,15-18,22-24H2,1-5H3,(H2,40,50,51)/t32-,33+/m0/s1. The van der Waals surface area contributed by atoms with Crippen molar-refractivity contribution in [1.29, 1.82) is 0 Å². The third kappa shape index (κ3) is 13.2. The average Bonchev–Trinajstić information content (AvgIpc) is 3.87. The van der Waals surface area contributed by atoms with Crippen molar-refractivity contribution in [2.45, 2.75) is 73.4 Å². The largest absolute Gasteiger partial charge is 0.491 e. The number of primary sulfonamides is 1. The fraction of sp³-hybridized carbons (Fsp3) is 0.385. The summed E-state index contributed by atoms with van der Waals surface area (Å²) in [5.74, 6) is -0.888. The van der Waals surface area contributed by atoms with Gasteiger partial charge in [0.15, 0.2) is 0 Å². The molecular formula is C39H46N6O13S4. The fourth-order valence-electron chi connectivity index (χ4n) is 5.59. The molecule has 62 heavy (non-hydrogen) atoms.